The Bertz CT molecular complexity index is 422. The summed E-state index contributed by atoms with van der Waals surface area (Å²) in [6.07, 6.45) is -5.11. The van der Waals surface area contributed by atoms with E-state index < -0.39 is 24.3 Å². The average Bonchev–Trinajstić information content (AvgIpc) is 2.37. The number of methoxy groups -OCH3 is 1. The van der Waals surface area contributed by atoms with E-state index in [4.69, 9.17) is 0 Å². The van der Waals surface area contributed by atoms with Crippen LogP contribution in [0.25, 0.3) is 0 Å². The fourth-order valence-corrected chi connectivity index (χ4v) is 1.44. The number of alkyl halides is 3. The lowest BCUT2D eigenvalue weighted by atomic mass is 10.0. The predicted molar refractivity (Wildman–Crippen MR) is 61.2 cm³/mol. The molecule has 1 rings (SSSR count). The minimum Gasteiger partial charge on any atom is -0.467 e. The molecule has 2 N–H and O–H groups in total. The van der Waals surface area contributed by atoms with E-state index in [9.17, 15) is 23.1 Å². The molecule has 0 aliphatic carbocycles. The molecule has 0 spiro atoms. The molecule has 0 heterocycles. The zero-order valence-electron chi connectivity index (χ0n) is 10.2. The Labute approximate surface area is 108 Å². The van der Waals surface area contributed by atoms with E-state index in [0.29, 0.717) is 0 Å². The zero-order valence-corrected chi connectivity index (χ0v) is 10.2. The Kier molecular flexibility index (Phi) is 4.90. The standard InChI is InChI=1S/C12H14F3NO3/c1-19-10(17)11(18,12(13,14)15)8-16-7-9-5-3-2-4-6-9/h2-6,16,18H,7-8H2,1H3. The molecule has 1 aromatic rings. The predicted octanol–water partition coefficient (Wildman–Crippen LogP) is 1.24. The van der Waals surface area contributed by atoms with E-state index in [1.54, 1.807) is 30.3 Å². The highest BCUT2D eigenvalue weighted by Crippen LogP contribution is 2.31. The van der Waals surface area contributed by atoms with Crippen molar-refractivity contribution in [3.05, 3.63) is 35.9 Å². The third kappa shape index (κ3) is 3.68. The first-order valence-electron chi connectivity index (χ1n) is 5.43. The van der Waals surface area contributed by atoms with Crippen LogP contribution < -0.4 is 5.32 Å². The molecule has 0 amide bonds. The van der Waals surface area contributed by atoms with Gasteiger partial charge >= 0.3 is 12.1 Å². The Balaban J connectivity index is 2.68. The lowest BCUT2D eigenvalue weighted by Crippen LogP contribution is -2.58. The molecular formula is C12H14F3NO3. The second kappa shape index (κ2) is 6.03. The Morgan fingerprint density at radius 3 is 2.37 bits per heavy atom. The molecule has 1 aromatic carbocycles. The number of ether oxygens (including phenoxy) is 1. The summed E-state index contributed by atoms with van der Waals surface area (Å²) in [4.78, 5) is 11.1. The number of halogens is 3. The van der Waals surface area contributed by atoms with Gasteiger partial charge < -0.3 is 15.2 Å². The highest BCUT2D eigenvalue weighted by molar-refractivity contribution is 5.80. The van der Waals surface area contributed by atoms with Crippen LogP contribution in [0.3, 0.4) is 0 Å². The molecule has 1 unspecified atom stereocenters. The first kappa shape index (κ1) is 15.5. The smallest absolute Gasteiger partial charge is 0.429 e. The molecule has 1 atom stereocenters. The third-order valence-electron chi connectivity index (χ3n) is 2.54. The van der Waals surface area contributed by atoms with Crippen LogP contribution in [0.4, 0.5) is 13.2 Å². The van der Waals surface area contributed by atoms with Gasteiger partial charge in [0.05, 0.1) is 7.11 Å². The molecule has 0 aromatic heterocycles. The fourth-order valence-electron chi connectivity index (χ4n) is 1.44. The summed E-state index contributed by atoms with van der Waals surface area (Å²) in [7, 11) is 0.788. The second-order valence-electron chi connectivity index (χ2n) is 3.94. The summed E-state index contributed by atoms with van der Waals surface area (Å²) in [6, 6.07) is 8.64. The Morgan fingerprint density at radius 2 is 1.89 bits per heavy atom. The van der Waals surface area contributed by atoms with Gasteiger partial charge in [-0.1, -0.05) is 30.3 Å². The van der Waals surface area contributed by atoms with E-state index in [1.165, 1.54) is 0 Å². The van der Waals surface area contributed by atoms with Crippen LogP contribution in [-0.4, -0.2) is 36.5 Å². The van der Waals surface area contributed by atoms with E-state index in [0.717, 1.165) is 12.7 Å². The highest BCUT2D eigenvalue weighted by Gasteiger charge is 2.60. The molecular weight excluding hydrogens is 263 g/mol. The van der Waals surface area contributed by atoms with Crippen molar-refractivity contribution in [1.29, 1.82) is 0 Å². The van der Waals surface area contributed by atoms with Gasteiger partial charge in [0.15, 0.2) is 0 Å². The summed E-state index contributed by atoms with van der Waals surface area (Å²) in [5.41, 5.74) is -2.81. The molecule has 0 aliphatic rings. The van der Waals surface area contributed by atoms with Gasteiger partial charge in [0.1, 0.15) is 0 Å². The molecule has 4 nitrogen and oxygen atoms in total. The van der Waals surface area contributed by atoms with Crippen LogP contribution in [0.15, 0.2) is 30.3 Å². The van der Waals surface area contributed by atoms with Crippen LogP contribution in [0.1, 0.15) is 5.56 Å². The quantitative estimate of drug-likeness (QED) is 0.795. The van der Waals surface area contributed by atoms with E-state index in [2.05, 4.69) is 10.1 Å². The first-order valence-corrected chi connectivity index (χ1v) is 5.43. The molecule has 0 saturated heterocycles. The van der Waals surface area contributed by atoms with Crippen LogP contribution >= 0.6 is 0 Å². The SMILES string of the molecule is COC(=O)C(O)(CNCc1ccccc1)C(F)(F)F. The summed E-state index contributed by atoms with van der Waals surface area (Å²) in [5.74, 6) is -1.74. The van der Waals surface area contributed by atoms with Gasteiger partial charge in [-0.25, -0.2) is 4.79 Å². The zero-order chi connectivity index (χ0) is 14.5. The van der Waals surface area contributed by atoms with Gasteiger partial charge in [-0.15, -0.1) is 0 Å². The summed E-state index contributed by atoms with van der Waals surface area (Å²) in [5, 5.41) is 11.8. The number of nitrogens with one attached hydrogen (secondary N) is 1. The maximum absolute atomic E-state index is 12.7. The van der Waals surface area contributed by atoms with Crippen molar-refractivity contribution in [1.82, 2.24) is 5.32 Å². The monoisotopic (exact) mass is 277 g/mol. The van der Waals surface area contributed by atoms with Crippen LogP contribution in [-0.2, 0) is 16.1 Å². The minimum atomic E-state index is -5.11. The topological polar surface area (TPSA) is 58.6 Å². The van der Waals surface area contributed by atoms with Crippen molar-refractivity contribution in [3.8, 4) is 0 Å². The van der Waals surface area contributed by atoms with Gasteiger partial charge in [0, 0.05) is 13.1 Å². The lowest BCUT2D eigenvalue weighted by molar-refractivity contribution is -0.259. The maximum atomic E-state index is 12.7. The van der Waals surface area contributed by atoms with Crippen LogP contribution in [0.2, 0.25) is 0 Å². The number of benzene rings is 1. The van der Waals surface area contributed by atoms with Crippen LogP contribution in [0, 0.1) is 0 Å². The third-order valence-corrected chi connectivity index (χ3v) is 2.54. The van der Waals surface area contributed by atoms with Crippen molar-refractivity contribution in [2.24, 2.45) is 0 Å². The van der Waals surface area contributed by atoms with Gasteiger partial charge in [0.25, 0.3) is 5.60 Å². The Hall–Kier alpha value is -1.60. The number of aliphatic hydroxyl groups is 1. The van der Waals surface area contributed by atoms with Crippen molar-refractivity contribution >= 4 is 5.97 Å². The van der Waals surface area contributed by atoms with Crippen molar-refractivity contribution < 1.29 is 27.8 Å². The minimum absolute atomic E-state index is 0.0935. The molecule has 0 saturated carbocycles. The number of carbonyl (C=O) groups excluding carboxylic acids is 1. The van der Waals surface area contributed by atoms with Crippen molar-refractivity contribution in [3.63, 3.8) is 0 Å². The molecule has 19 heavy (non-hydrogen) atoms. The van der Waals surface area contributed by atoms with E-state index in [-0.39, 0.29) is 6.54 Å². The van der Waals surface area contributed by atoms with E-state index in [1.807, 2.05) is 0 Å². The summed E-state index contributed by atoms with van der Waals surface area (Å²) < 4.78 is 42.0. The van der Waals surface area contributed by atoms with Gasteiger partial charge in [-0.05, 0) is 5.56 Å². The molecule has 7 heteroatoms. The van der Waals surface area contributed by atoms with Crippen molar-refractivity contribution in [2.75, 3.05) is 13.7 Å². The number of carbonyl (C=O) groups is 1. The number of esters is 1. The van der Waals surface area contributed by atoms with Gasteiger partial charge in [-0.2, -0.15) is 13.2 Å². The van der Waals surface area contributed by atoms with Crippen molar-refractivity contribution in [2.45, 2.75) is 18.3 Å². The first-order chi connectivity index (χ1) is 8.81. The lowest BCUT2D eigenvalue weighted by Gasteiger charge is -2.27. The van der Waals surface area contributed by atoms with Gasteiger partial charge in [0.2, 0.25) is 0 Å². The van der Waals surface area contributed by atoms with Crippen LogP contribution in [0.5, 0.6) is 0 Å². The number of hydrogen-bond donors (Lipinski definition) is 2. The second-order valence-corrected chi connectivity index (χ2v) is 3.94. The normalized spacial score (nSPS) is 14.8. The average molecular weight is 277 g/mol. The molecule has 0 bridgehead atoms. The largest absolute Gasteiger partial charge is 0.467 e. The highest BCUT2D eigenvalue weighted by atomic mass is 19.4. The molecule has 106 valence electrons. The molecule has 0 aliphatic heterocycles. The number of rotatable bonds is 5. The Morgan fingerprint density at radius 1 is 1.32 bits per heavy atom. The summed E-state index contributed by atoms with van der Waals surface area (Å²) >= 11 is 0. The fraction of sp³-hybridized carbons (Fsp3) is 0.417. The van der Waals surface area contributed by atoms with Gasteiger partial charge in [-0.3, -0.25) is 0 Å². The maximum Gasteiger partial charge on any atom is 0.429 e. The molecule has 0 radical (unpaired) electrons. The van der Waals surface area contributed by atoms with E-state index >= 15 is 0 Å². The molecule has 0 fully saturated rings. The number of hydrogen-bond acceptors (Lipinski definition) is 4. The summed E-state index contributed by atoms with van der Waals surface area (Å²) in [6.45, 7) is -0.881.